The lowest BCUT2D eigenvalue weighted by Crippen LogP contribution is -2.15. The number of hydrogen-bond donors (Lipinski definition) is 0. The first-order chi connectivity index (χ1) is 7.88. The number of ether oxygens (including phenoxy) is 1. The molecule has 0 unspecified atom stereocenters. The van der Waals surface area contributed by atoms with Crippen LogP contribution in [0.1, 0.15) is 64.6 Å². The van der Waals surface area contributed by atoms with Crippen molar-refractivity contribution in [3.05, 3.63) is 23.5 Å². The van der Waals surface area contributed by atoms with Crippen molar-refractivity contribution in [3.63, 3.8) is 0 Å². The Hall–Kier alpha value is -1.05. The zero-order valence-electron chi connectivity index (χ0n) is 11.6. The second-order valence-corrected chi connectivity index (χ2v) is 6.33. The summed E-state index contributed by atoms with van der Waals surface area (Å²) >= 11 is 0. The lowest BCUT2D eigenvalue weighted by atomic mass is 9.87. The summed E-state index contributed by atoms with van der Waals surface area (Å²) in [5.74, 6) is 1.49. The van der Waals surface area contributed by atoms with Gasteiger partial charge in [0, 0.05) is 23.5 Å². The van der Waals surface area contributed by atoms with E-state index in [9.17, 15) is 0 Å². The van der Waals surface area contributed by atoms with Crippen molar-refractivity contribution >= 4 is 0 Å². The Balaban J connectivity index is 2.36. The van der Waals surface area contributed by atoms with Gasteiger partial charge in [0.1, 0.15) is 5.75 Å². The van der Waals surface area contributed by atoms with Gasteiger partial charge in [-0.1, -0.05) is 34.6 Å². The molecule has 2 nitrogen and oxygen atoms in total. The van der Waals surface area contributed by atoms with Gasteiger partial charge in [0.2, 0.25) is 0 Å². The Labute approximate surface area is 104 Å². The van der Waals surface area contributed by atoms with Crippen LogP contribution >= 0.6 is 0 Å². The number of pyridine rings is 1. The maximum atomic E-state index is 6.03. The molecule has 1 heterocycles. The number of nitrogens with zero attached hydrogens (tertiary/aromatic N) is 1. The fourth-order valence-electron chi connectivity index (χ4n) is 1.79. The number of aromatic nitrogens is 1. The van der Waals surface area contributed by atoms with Crippen LogP contribution in [0, 0.1) is 0 Å². The van der Waals surface area contributed by atoms with Crippen LogP contribution in [0.4, 0.5) is 0 Å². The summed E-state index contributed by atoms with van der Waals surface area (Å²) in [5, 5.41) is 0. The quantitative estimate of drug-likeness (QED) is 0.786. The minimum absolute atomic E-state index is 0.0900. The summed E-state index contributed by atoms with van der Waals surface area (Å²) in [5.41, 5.74) is 2.43. The molecule has 0 aliphatic heterocycles. The van der Waals surface area contributed by atoms with Gasteiger partial charge < -0.3 is 4.74 Å². The highest BCUT2D eigenvalue weighted by molar-refractivity contribution is 5.39. The Morgan fingerprint density at radius 2 is 1.94 bits per heavy atom. The van der Waals surface area contributed by atoms with E-state index in [1.807, 2.05) is 6.20 Å². The predicted molar refractivity (Wildman–Crippen MR) is 70.7 cm³/mol. The Morgan fingerprint density at radius 3 is 2.41 bits per heavy atom. The first kappa shape index (κ1) is 12.4. The predicted octanol–water partition coefficient (Wildman–Crippen LogP) is 4.04. The molecule has 2 rings (SSSR count). The minimum Gasteiger partial charge on any atom is -0.490 e. The van der Waals surface area contributed by atoms with E-state index in [2.05, 4.69) is 45.7 Å². The van der Waals surface area contributed by atoms with Crippen LogP contribution in [-0.4, -0.2) is 11.1 Å². The molecule has 0 bridgehead atoms. The molecule has 1 aliphatic rings. The third kappa shape index (κ3) is 2.99. The lowest BCUT2D eigenvalue weighted by molar-refractivity contribution is 0.293. The highest BCUT2D eigenvalue weighted by atomic mass is 16.5. The molecule has 0 N–H and O–H groups in total. The van der Waals surface area contributed by atoms with Gasteiger partial charge >= 0.3 is 0 Å². The highest BCUT2D eigenvalue weighted by Crippen LogP contribution is 2.36. The van der Waals surface area contributed by atoms with E-state index in [0.717, 1.165) is 11.4 Å². The molecule has 0 aromatic carbocycles. The van der Waals surface area contributed by atoms with E-state index in [-0.39, 0.29) is 5.41 Å². The maximum absolute atomic E-state index is 6.03. The smallest absolute Gasteiger partial charge is 0.126 e. The first-order valence-electron chi connectivity index (χ1n) is 6.55. The monoisotopic (exact) mass is 233 g/mol. The van der Waals surface area contributed by atoms with E-state index >= 15 is 0 Å². The Morgan fingerprint density at radius 1 is 1.29 bits per heavy atom. The van der Waals surface area contributed by atoms with Gasteiger partial charge in [0.15, 0.2) is 0 Å². The van der Waals surface area contributed by atoms with E-state index in [1.54, 1.807) is 0 Å². The van der Waals surface area contributed by atoms with Crippen molar-refractivity contribution in [1.29, 1.82) is 0 Å². The summed E-state index contributed by atoms with van der Waals surface area (Å²) in [6.45, 7) is 11.0. The van der Waals surface area contributed by atoms with Crippen LogP contribution in [0.15, 0.2) is 12.3 Å². The summed E-state index contributed by atoms with van der Waals surface area (Å²) in [6.07, 6.45) is 4.83. The van der Waals surface area contributed by atoms with Crippen molar-refractivity contribution in [2.24, 2.45) is 0 Å². The first-order valence-corrected chi connectivity index (χ1v) is 6.55. The maximum Gasteiger partial charge on any atom is 0.126 e. The number of hydrogen-bond acceptors (Lipinski definition) is 2. The summed E-state index contributed by atoms with van der Waals surface area (Å²) in [6, 6.07) is 2.13. The van der Waals surface area contributed by atoms with Crippen molar-refractivity contribution < 1.29 is 4.74 Å². The zero-order valence-corrected chi connectivity index (χ0v) is 11.6. The molecular formula is C15H23NO. The molecule has 1 saturated carbocycles. The number of rotatable bonds is 3. The molecule has 0 radical (unpaired) electrons. The average Bonchev–Trinajstić information content (AvgIpc) is 2.99. The molecule has 1 fully saturated rings. The average molecular weight is 233 g/mol. The Bertz CT molecular complexity index is 400. The van der Waals surface area contributed by atoms with Crippen LogP contribution in [0.2, 0.25) is 0 Å². The van der Waals surface area contributed by atoms with Crippen molar-refractivity contribution in [2.45, 2.75) is 64.9 Å². The Kier molecular flexibility index (Phi) is 3.15. The SMILES string of the molecule is CC(C)c1cc(OC2CC2)c(C(C)(C)C)cn1. The third-order valence-electron chi connectivity index (χ3n) is 3.10. The van der Waals surface area contributed by atoms with Gasteiger partial charge in [-0.15, -0.1) is 0 Å². The van der Waals surface area contributed by atoms with Crippen LogP contribution in [-0.2, 0) is 5.41 Å². The highest BCUT2D eigenvalue weighted by Gasteiger charge is 2.27. The zero-order chi connectivity index (χ0) is 12.6. The van der Waals surface area contributed by atoms with Gasteiger partial charge in [-0.3, -0.25) is 4.98 Å². The molecule has 1 aromatic rings. The molecule has 0 amide bonds. The third-order valence-corrected chi connectivity index (χ3v) is 3.10. The van der Waals surface area contributed by atoms with Crippen LogP contribution < -0.4 is 4.74 Å². The summed E-state index contributed by atoms with van der Waals surface area (Å²) in [7, 11) is 0. The standard InChI is InChI=1S/C15H23NO/c1-10(2)13-8-14(17-11-6-7-11)12(9-16-13)15(3,4)5/h8-11H,6-7H2,1-5H3. The molecule has 0 atom stereocenters. The topological polar surface area (TPSA) is 22.1 Å². The van der Waals surface area contributed by atoms with Gasteiger partial charge in [-0.2, -0.15) is 0 Å². The minimum atomic E-state index is 0.0900. The van der Waals surface area contributed by atoms with E-state index in [4.69, 9.17) is 4.74 Å². The van der Waals surface area contributed by atoms with E-state index < -0.39 is 0 Å². The van der Waals surface area contributed by atoms with Crippen LogP contribution in [0.3, 0.4) is 0 Å². The molecule has 17 heavy (non-hydrogen) atoms. The van der Waals surface area contributed by atoms with Crippen LogP contribution in [0.25, 0.3) is 0 Å². The molecule has 2 heteroatoms. The van der Waals surface area contributed by atoms with Gasteiger partial charge in [0.05, 0.1) is 6.10 Å². The van der Waals surface area contributed by atoms with Gasteiger partial charge in [-0.05, 0) is 24.2 Å². The van der Waals surface area contributed by atoms with Gasteiger partial charge in [-0.25, -0.2) is 0 Å². The van der Waals surface area contributed by atoms with Crippen LogP contribution in [0.5, 0.6) is 5.75 Å². The second-order valence-electron chi connectivity index (χ2n) is 6.33. The molecule has 94 valence electrons. The largest absolute Gasteiger partial charge is 0.490 e. The normalized spacial score (nSPS) is 16.4. The fraction of sp³-hybridized carbons (Fsp3) is 0.667. The van der Waals surface area contributed by atoms with Crippen molar-refractivity contribution in [2.75, 3.05) is 0 Å². The second kappa shape index (κ2) is 4.32. The van der Waals surface area contributed by atoms with Crippen molar-refractivity contribution in [1.82, 2.24) is 4.98 Å². The molecule has 1 aliphatic carbocycles. The lowest BCUT2D eigenvalue weighted by Gasteiger charge is -2.23. The summed E-state index contributed by atoms with van der Waals surface area (Å²) in [4.78, 5) is 4.55. The van der Waals surface area contributed by atoms with Crippen molar-refractivity contribution in [3.8, 4) is 5.75 Å². The van der Waals surface area contributed by atoms with E-state index in [0.29, 0.717) is 12.0 Å². The molecule has 0 saturated heterocycles. The molecular weight excluding hydrogens is 210 g/mol. The molecule has 0 spiro atoms. The molecule has 1 aromatic heterocycles. The summed E-state index contributed by atoms with van der Waals surface area (Å²) < 4.78 is 6.03. The fourth-order valence-corrected chi connectivity index (χ4v) is 1.79. The van der Waals surface area contributed by atoms with Gasteiger partial charge in [0.25, 0.3) is 0 Å². The van der Waals surface area contributed by atoms with E-state index in [1.165, 1.54) is 18.4 Å².